The number of benzene rings is 1. The molecule has 1 aliphatic carbocycles. The normalized spacial score (nSPS) is 22.9. The van der Waals surface area contributed by atoms with E-state index in [0.29, 0.717) is 61.9 Å². The number of anilines is 3. The summed E-state index contributed by atoms with van der Waals surface area (Å²) in [6, 6.07) is 6.23. The Bertz CT molecular complexity index is 1220. The van der Waals surface area contributed by atoms with Crippen LogP contribution in [-0.4, -0.2) is 78.4 Å². The van der Waals surface area contributed by atoms with Crippen LogP contribution in [0.3, 0.4) is 0 Å². The van der Waals surface area contributed by atoms with Crippen molar-refractivity contribution < 1.29 is 31.5 Å². The average Bonchev–Trinajstić information content (AvgIpc) is 3.49. The summed E-state index contributed by atoms with van der Waals surface area (Å²) < 4.78 is 71.4. The first-order valence-electron chi connectivity index (χ1n) is 13.5. The first-order valence-corrected chi connectivity index (χ1v) is 13.5. The molecule has 3 heterocycles. The molecule has 2 aliphatic heterocycles. The Morgan fingerprint density at radius 3 is 2.60 bits per heavy atom. The SMILES string of the molecule is Cc1ccc(NC(=O)N2CC[C@@H](CC(F)(F)F)C2)cc1-c1cc(N2CCOCC2)nc(N[C@H]2CCC(F)(F)C2)n1. The van der Waals surface area contributed by atoms with Gasteiger partial charge in [-0.05, 0) is 43.4 Å². The number of likely N-dealkylation sites (tertiary alicyclic amines) is 1. The molecule has 8 nitrogen and oxygen atoms in total. The number of hydrogen-bond acceptors (Lipinski definition) is 6. The fourth-order valence-corrected chi connectivity index (χ4v) is 5.54. The van der Waals surface area contributed by atoms with Gasteiger partial charge in [0, 0.05) is 68.8 Å². The molecule has 1 aromatic carbocycles. The van der Waals surface area contributed by atoms with Crippen molar-refractivity contribution in [3.05, 3.63) is 29.8 Å². The highest BCUT2D eigenvalue weighted by atomic mass is 19.4. The highest BCUT2D eigenvalue weighted by Gasteiger charge is 2.40. The van der Waals surface area contributed by atoms with Gasteiger partial charge in [0.15, 0.2) is 0 Å². The van der Waals surface area contributed by atoms with Crippen molar-refractivity contribution in [3.8, 4) is 11.3 Å². The van der Waals surface area contributed by atoms with Crippen molar-refractivity contribution in [2.75, 3.05) is 54.9 Å². The van der Waals surface area contributed by atoms with Crippen LogP contribution in [0.4, 0.5) is 44.2 Å². The predicted molar refractivity (Wildman–Crippen MR) is 141 cm³/mol. The predicted octanol–water partition coefficient (Wildman–Crippen LogP) is 5.69. The minimum Gasteiger partial charge on any atom is -0.378 e. The fraction of sp³-hybridized carbons (Fsp3) is 0.593. The van der Waals surface area contributed by atoms with Gasteiger partial charge in [-0.2, -0.15) is 18.2 Å². The van der Waals surface area contributed by atoms with Gasteiger partial charge < -0.3 is 25.2 Å². The Hall–Kier alpha value is -3.22. The quantitative estimate of drug-likeness (QED) is 0.436. The third-order valence-electron chi connectivity index (χ3n) is 7.64. The molecule has 0 spiro atoms. The smallest absolute Gasteiger partial charge is 0.378 e. The maximum Gasteiger partial charge on any atom is 0.389 e. The summed E-state index contributed by atoms with van der Waals surface area (Å²) in [7, 11) is 0. The number of nitrogens with zero attached hydrogens (tertiary/aromatic N) is 4. The van der Waals surface area contributed by atoms with Crippen molar-refractivity contribution >= 4 is 23.5 Å². The van der Waals surface area contributed by atoms with Crippen LogP contribution in [0.2, 0.25) is 0 Å². The number of halogens is 5. The lowest BCUT2D eigenvalue weighted by Crippen LogP contribution is -2.37. The minimum atomic E-state index is -4.26. The van der Waals surface area contributed by atoms with Crippen molar-refractivity contribution in [1.82, 2.24) is 14.9 Å². The zero-order valence-electron chi connectivity index (χ0n) is 22.2. The first-order chi connectivity index (χ1) is 18.9. The van der Waals surface area contributed by atoms with Crippen LogP contribution in [0.15, 0.2) is 24.3 Å². The number of aryl methyl sites for hydroxylation is 1. The molecule has 2 N–H and O–H groups in total. The molecule has 2 saturated heterocycles. The highest BCUT2D eigenvalue weighted by Crippen LogP contribution is 2.37. The molecule has 3 aliphatic rings. The number of alkyl halides is 5. The van der Waals surface area contributed by atoms with E-state index >= 15 is 0 Å². The summed E-state index contributed by atoms with van der Waals surface area (Å²) in [5.41, 5.74) is 2.62. The maximum absolute atomic E-state index is 13.8. The number of nitrogens with one attached hydrogen (secondary N) is 2. The third kappa shape index (κ3) is 7.10. The molecule has 0 bridgehead atoms. The molecular weight excluding hydrogens is 535 g/mol. The van der Waals surface area contributed by atoms with E-state index in [1.807, 2.05) is 19.1 Å². The Morgan fingerprint density at radius 2 is 1.90 bits per heavy atom. The van der Waals surface area contributed by atoms with E-state index < -0.39 is 36.5 Å². The number of amides is 2. The van der Waals surface area contributed by atoms with Gasteiger partial charge in [-0.1, -0.05) is 6.07 Å². The molecule has 1 aromatic heterocycles. The van der Waals surface area contributed by atoms with Crippen LogP contribution in [0.1, 0.15) is 37.7 Å². The summed E-state index contributed by atoms with van der Waals surface area (Å²) in [5.74, 6) is -2.43. The number of aromatic nitrogens is 2. The van der Waals surface area contributed by atoms with Crippen LogP contribution >= 0.6 is 0 Å². The Balaban J connectivity index is 1.37. The van der Waals surface area contributed by atoms with Gasteiger partial charge in [0.05, 0.1) is 18.9 Å². The molecule has 0 radical (unpaired) electrons. The molecule has 40 heavy (non-hydrogen) atoms. The van der Waals surface area contributed by atoms with E-state index in [4.69, 9.17) is 4.74 Å². The van der Waals surface area contributed by atoms with E-state index in [1.165, 1.54) is 4.90 Å². The second-order valence-corrected chi connectivity index (χ2v) is 10.9. The van der Waals surface area contributed by atoms with Gasteiger partial charge in [0.2, 0.25) is 11.9 Å². The minimum absolute atomic E-state index is 0.0497. The number of ether oxygens (including phenoxy) is 1. The molecule has 218 valence electrons. The summed E-state index contributed by atoms with van der Waals surface area (Å²) in [4.78, 5) is 25.6. The molecule has 1 saturated carbocycles. The molecule has 3 fully saturated rings. The van der Waals surface area contributed by atoms with E-state index in [-0.39, 0.29) is 31.9 Å². The van der Waals surface area contributed by atoms with Gasteiger partial charge in [0.1, 0.15) is 5.82 Å². The zero-order chi connectivity index (χ0) is 28.5. The van der Waals surface area contributed by atoms with E-state index in [2.05, 4.69) is 25.5 Å². The second kappa shape index (κ2) is 11.3. The summed E-state index contributed by atoms with van der Waals surface area (Å²) in [5, 5.41) is 5.89. The molecule has 2 aromatic rings. The second-order valence-electron chi connectivity index (χ2n) is 10.9. The number of carbonyl (C=O) groups excluding carboxylic acids is 1. The van der Waals surface area contributed by atoms with Gasteiger partial charge in [-0.15, -0.1) is 0 Å². The van der Waals surface area contributed by atoms with Crippen LogP contribution in [0, 0.1) is 12.8 Å². The summed E-state index contributed by atoms with van der Waals surface area (Å²) in [6.07, 6.45) is -5.01. The van der Waals surface area contributed by atoms with Crippen molar-refractivity contribution in [2.24, 2.45) is 5.92 Å². The fourth-order valence-electron chi connectivity index (χ4n) is 5.54. The van der Waals surface area contributed by atoms with E-state index in [9.17, 15) is 26.7 Å². The molecule has 13 heteroatoms. The zero-order valence-corrected chi connectivity index (χ0v) is 22.2. The first kappa shape index (κ1) is 28.3. The Kier molecular flexibility index (Phi) is 8.03. The van der Waals surface area contributed by atoms with Crippen LogP contribution in [0.25, 0.3) is 11.3 Å². The van der Waals surface area contributed by atoms with Crippen molar-refractivity contribution in [2.45, 2.75) is 57.2 Å². The van der Waals surface area contributed by atoms with Crippen molar-refractivity contribution in [3.63, 3.8) is 0 Å². The molecular formula is C27H33F5N6O2. The standard InChI is InChI=1S/C27H33F5N6O2/c1-17-2-3-19(34-25(39)38-7-5-18(16-38)14-27(30,31)32)12-21(17)22-13-23(37-8-10-40-11-9-37)36-24(35-22)33-20-4-6-26(28,29)15-20/h2-3,12-13,18,20H,4-11,14-16H2,1H3,(H,34,39)(H,33,35,36)/t18-,20-/m0/s1. The van der Waals surface area contributed by atoms with Crippen LogP contribution in [0.5, 0.6) is 0 Å². The number of hydrogen-bond donors (Lipinski definition) is 2. The van der Waals surface area contributed by atoms with Gasteiger partial charge in [0.25, 0.3) is 0 Å². The lowest BCUT2D eigenvalue weighted by atomic mass is 10.0. The maximum atomic E-state index is 13.8. The number of morpholine rings is 1. The van der Waals surface area contributed by atoms with Crippen LogP contribution in [-0.2, 0) is 4.74 Å². The third-order valence-corrected chi connectivity index (χ3v) is 7.64. The van der Waals surface area contributed by atoms with Gasteiger partial charge >= 0.3 is 12.2 Å². The Morgan fingerprint density at radius 1 is 1.12 bits per heavy atom. The molecule has 5 rings (SSSR count). The van der Waals surface area contributed by atoms with Gasteiger partial charge in [-0.3, -0.25) is 0 Å². The van der Waals surface area contributed by atoms with E-state index in [1.54, 1.807) is 12.1 Å². The highest BCUT2D eigenvalue weighted by molar-refractivity contribution is 5.90. The topological polar surface area (TPSA) is 82.6 Å². The largest absolute Gasteiger partial charge is 0.389 e. The monoisotopic (exact) mass is 568 g/mol. The summed E-state index contributed by atoms with van der Waals surface area (Å²) >= 11 is 0. The lowest BCUT2D eigenvalue weighted by Gasteiger charge is -2.28. The van der Waals surface area contributed by atoms with Crippen molar-refractivity contribution in [1.29, 1.82) is 0 Å². The molecule has 2 amide bonds. The molecule has 0 unspecified atom stereocenters. The average molecular weight is 569 g/mol. The van der Waals surface area contributed by atoms with Gasteiger partial charge in [-0.25, -0.2) is 18.6 Å². The number of rotatable bonds is 6. The number of carbonyl (C=O) groups is 1. The molecule has 2 atom stereocenters. The van der Waals surface area contributed by atoms with Crippen LogP contribution < -0.4 is 15.5 Å². The Labute approximate surface area is 229 Å². The lowest BCUT2D eigenvalue weighted by molar-refractivity contribution is -0.143. The summed E-state index contributed by atoms with van der Waals surface area (Å²) in [6.45, 7) is 4.53. The van der Waals surface area contributed by atoms with E-state index in [0.717, 1.165) is 5.56 Å². The number of urea groups is 1.